The van der Waals surface area contributed by atoms with Gasteiger partial charge in [0.1, 0.15) is 18.0 Å². The Balaban J connectivity index is 2.07. The smallest absolute Gasteiger partial charge is 0.411 e. The van der Waals surface area contributed by atoms with Crippen molar-refractivity contribution in [2.45, 2.75) is 11.5 Å². The summed E-state index contributed by atoms with van der Waals surface area (Å²) in [4.78, 5) is 22.2. The Morgan fingerprint density at radius 2 is 1.64 bits per heavy atom. The van der Waals surface area contributed by atoms with E-state index in [4.69, 9.17) is 9.84 Å². The van der Waals surface area contributed by atoms with Gasteiger partial charge in [0.2, 0.25) is 10.0 Å². The van der Waals surface area contributed by atoms with Crippen LogP contribution in [0.25, 0.3) is 0 Å². The van der Waals surface area contributed by atoms with Crippen LogP contribution in [0.2, 0.25) is 0 Å². The molecule has 2 aromatic rings. The molecule has 0 bridgehead atoms. The largest absolute Gasteiger partial charge is 0.480 e. The molecule has 0 fully saturated rings. The van der Waals surface area contributed by atoms with Gasteiger partial charge in [0.05, 0.1) is 5.69 Å². The third-order valence-electron chi connectivity index (χ3n) is 3.04. The Labute approximate surface area is 144 Å². The van der Waals surface area contributed by atoms with Crippen LogP contribution in [0.4, 0.5) is 10.5 Å². The van der Waals surface area contributed by atoms with Gasteiger partial charge in [0.25, 0.3) is 0 Å². The van der Waals surface area contributed by atoms with E-state index in [1.165, 1.54) is 24.3 Å². The first kappa shape index (κ1) is 18.4. The molecule has 0 heterocycles. The molecule has 0 aliphatic carbocycles. The lowest BCUT2D eigenvalue weighted by Crippen LogP contribution is -2.30. The minimum absolute atomic E-state index is 0.0153. The highest BCUT2D eigenvalue weighted by atomic mass is 32.2. The molecule has 0 radical (unpaired) electrons. The quantitative estimate of drug-likeness (QED) is 0.689. The molecule has 0 aromatic heterocycles. The molecule has 3 N–H and O–H groups in total. The Morgan fingerprint density at radius 3 is 2.32 bits per heavy atom. The second-order valence-electron chi connectivity index (χ2n) is 4.90. The van der Waals surface area contributed by atoms with E-state index in [1.54, 1.807) is 24.3 Å². The predicted molar refractivity (Wildman–Crippen MR) is 89.5 cm³/mol. The zero-order valence-electron chi connectivity index (χ0n) is 13.0. The van der Waals surface area contributed by atoms with Crippen molar-refractivity contribution in [3.63, 3.8) is 0 Å². The van der Waals surface area contributed by atoms with Gasteiger partial charge in [0.15, 0.2) is 0 Å². The van der Waals surface area contributed by atoms with E-state index in [9.17, 15) is 18.0 Å². The van der Waals surface area contributed by atoms with Crippen LogP contribution in [0.1, 0.15) is 5.56 Å². The van der Waals surface area contributed by atoms with Crippen LogP contribution in [-0.2, 0) is 26.2 Å². The first-order valence-electron chi connectivity index (χ1n) is 7.16. The molecule has 0 aliphatic rings. The van der Waals surface area contributed by atoms with E-state index >= 15 is 0 Å². The number of ether oxygens (including phenoxy) is 1. The lowest BCUT2D eigenvalue weighted by Gasteiger charge is -2.12. The van der Waals surface area contributed by atoms with Crippen molar-refractivity contribution in [2.24, 2.45) is 0 Å². The maximum atomic E-state index is 12.2. The molecule has 8 nitrogen and oxygen atoms in total. The van der Waals surface area contributed by atoms with Crippen LogP contribution in [0.3, 0.4) is 0 Å². The number of carbonyl (C=O) groups excluding carboxylic acids is 1. The van der Waals surface area contributed by atoms with Gasteiger partial charge in [-0.25, -0.2) is 13.2 Å². The van der Waals surface area contributed by atoms with E-state index in [0.717, 1.165) is 5.56 Å². The van der Waals surface area contributed by atoms with E-state index in [1.807, 2.05) is 10.8 Å². The van der Waals surface area contributed by atoms with Crippen molar-refractivity contribution in [1.82, 2.24) is 4.72 Å². The van der Waals surface area contributed by atoms with Crippen LogP contribution in [-0.4, -0.2) is 32.1 Å². The van der Waals surface area contributed by atoms with Crippen molar-refractivity contribution >= 4 is 27.8 Å². The highest BCUT2D eigenvalue weighted by Gasteiger charge is 2.20. The van der Waals surface area contributed by atoms with E-state index < -0.39 is 28.6 Å². The number of sulfonamides is 1. The molecule has 0 unspecified atom stereocenters. The van der Waals surface area contributed by atoms with E-state index in [-0.39, 0.29) is 17.2 Å². The molecule has 2 rings (SSSR count). The minimum Gasteiger partial charge on any atom is -0.480 e. The van der Waals surface area contributed by atoms with Gasteiger partial charge < -0.3 is 9.84 Å². The maximum Gasteiger partial charge on any atom is 0.411 e. The average Bonchev–Trinajstić information content (AvgIpc) is 2.59. The van der Waals surface area contributed by atoms with Gasteiger partial charge in [0, 0.05) is 0 Å². The number of aliphatic carboxylic acids is 1. The normalized spacial score (nSPS) is 10.9. The second-order valence-corrected chi connectivity index (χ2v) is 6.64. The Bertz CT molecular complexity index is 852. The zero-order valence-corrected chi connectivity index (χ0v) is 13.8. The summed E-state index contributed by atoms with van der Waals surface area (Å²) in [5.74, 6) is -1.32. The molecule has 0 atom stereocenters. The second kappa shape index (κ2) is 8.27. The highest BCUT2D eigenvalue weighted by molar-refractivity contribution is 7.89. The summed E-state index contributed by atoms with van der Waals surface area (Å²) in [6, 6.07) is 14.6. The van der Waals surface area contributed by atoms with E-state index in [0.29, 0.717) is 0 Å². The monoisotopic (exact) mass is 364 g/mol. The van der Waals surface area contributed by atoms with Crippen molar-refractivity contribution in [3.8, 4) is 0 Å². The molecular formula is C16H16N2O6S. The number of carbonyl (C=O) groups is 2. The van der Waals surface area contributed by atoms with Crippen LogP contribution in [0.5, 0.6) is 0 Å². The van der Waals surface area contributed by atoms with Crippen molar-refractivity contribution in [1.29, 1.82) is 0 Å². The van der Waals surface area contributed by atoms with Gasteiger partial charge in [-0.05, 0) is 17.7 Å². The lowest BCUT2D eigenvalue weighted by atomic mass is 10.2. The predicted octanol–water partition coefficient (Wildman–Crippen LogP) is 1.80. The van der Waals surface area contributed by atoms with Crippen molar-refractivity contribution in [3.05, 3.63) is 60.2 Å². The Hall–Kier alpha value is -2.91. The summed E-state index contributed by atoms with van der Waals surface area (Å²) in [6.07, 6.45) is -0.829. The van der Waals surface area contributed by atoms with Crippen LogP contribution < -0.4 is 10.0 Å². The summed E-state index contributed by atoms with van der Waals surface area (Å²) in [6.45, 7) is -0.742. The summed E-state index contributed by atoms with van der Waals surface area (Å²) in [5, 5.41) is 10.9. The summed E-state index contributed by atoms with van der Waals surface area (Å²) in [5.41, 5.74) is 0.764. The zero-order chi connectivity index (χ0) is 18.3. The molecule has 0 saturated heterocycles. The highest BCUT2D eigenvalue weighted by Crippen LogP contribution is 2.20. The number of carboxylic acids is 1. The molecule has 2 aromatic carbocycles. The molecule has 25 heavy (non-hydrogen) atoms. The third-order valence-corrected chi connectivity index (χ3v) is 4.50. The third kappa shape index (κ3) is 5.59. The number of anilines is 1. The van der Waals surface area contributed by atoms with Gasteiger partial charge in [-0.2, -0.15) is 4.72 Å². The number of nitrogens with one attached hydrogen (secondary N) is 2. The number of hydrogen-bond acceptors (Lipinski definition) is 5. The topological polar surface area (TPSA) is 122 Å². The molecule has 0 saturated carbocycles. The fourth-order valence-electron chi connectivity index (χ4n) is 1.91. The van der Waals surface area contributed by atoms with Gasteiger partial charge in [-0.15, -0.1) is 0 Å². The number of hydrogen-bond donors (Lipinski definition) is 3. The fourth-order valence-corrected chi connectivity index (χ4v) is 3.04. The summed E-state index contributed by atoms with van der Waals surface area (Å²) >= 11 is 0. The molecule has 132 valence electrons. The first-order valence-corrected chi connectivity index (χ1v) is 8.65. The van der Waals surface area contributed by atoms with Gasteiger partial charge in [-0.1, -0.05) is 42.5 Å². The maximum absolute atomic E-state index is 12.2. The van der Waals surface area contributed by atoms with Crippen LogP contribution >= 0.6 is 0 Å². The molecule has 0 spiro atoms. The van der Waals surface area contributed by atoms with Crippen LogP contribution in [0, 0.1) is 0 Å². The Kier molecular flexibility index (Phi) is 6.09. The summed E-state index contributed by atoms with van der Waals surface area (Å²) < 4.78 is 31.3. The standard InChI is InChI=1S/C16H16N2O6S/c19-15(20)10-17-25(22,23)14-9-5-4-8-13(14)18-16(21)24-11-12-6-2-1-3-7-12/h1-9,17H,10-11H2,(H,18,21)(H,19,20). The fraction of sp³-hybridized carbons (Fsp3) is 0.125. The minimum atomic E-state index is -4.10. The number of benzene rings is 2. The first-order chi connectivity index (χ1) is 11.9. The van der Waals surface area contributed by atoms with E-state index in [2.05, 4.69) is 5.32 Å². The Morgan fingerprint density at radius 1 is 1.00 bits per heavy atom. The van der Waals surface area contributed by atoms with Crippen molar-refractivity contribution < 1.29 is 27.9 Å². The number of carboxylic acid groups (broad SMARTS) is 1. The molecule has 9 heteroatoms. The SMILES string of the molecule is O=C(O)CNS(=O)(=O)c1ccccc1NC(=O)OCc1ccccc1. The molecule has 0 aliphatic heterocycles. The lowest BCUT2D eigenvalue weighted by molar-refractivity contribution is -0.135. The average molecular weight is 364 g/mol. The summed E-state index contributed by atoms with van der Waals surface area (Å²) in [7, 11) is -4.10. The molecule has 1 amide bonds. The number of amides is 1. The van der Waals surface area contributed by atoms with Crippen LogP contribution in [0.15, 0.2) is 59.5 Å². The van der Waals surface area contributed by atoms with Crippen molar-refractivity contribution in [2.75, 3.05) is 11.9 Å². The number of rotatable bonds is 7. The number of para-hydroxylation sites is 1. The van der Waals surface area contributed by atoms with Gasteiger partial charge >= 0.3 is 12.1 Å². The molecular weight excluding hydrogens is 348 g/mol. The van der Waals surface area contributed by atoms with Gasteiger partial charge in [-0.3, -0.25) is 10.1 Å².